The number of rotatable bonds is 6. The lowest BCUT2D eigenvalue weighted by Crippen LogP contribution is -2.41. The molecule has 1 atom stereocenters. The Morgan fingerprint density at radius 2 is 1.91 bits per heavy atom. The Hall–Kier alpha value is -3.01. The fourth-order valence-electron chi connectivity index (χ4n) is 4.33. The van der Waals surface area contributed by atoms with Crippen LogP contribution in [0.2, 0.25) is 0 Å². The molecule has 0 aliphatic carbocycles. The molecule has 2 N–H and O–H groups in total. The average molecular weight is 509 g/mol. The highest BCUT2D eigenvalue weighted by Gasteiger charge is 2.35. The van der Waals surface area contributed by atoms with Crippen LogP contribution in [0.4, 0.5) is 0 Å². The van der Waals surface area contributed by atoms with Gasteiger partial charge < -0.3 is 9.88 Å². The van der Waals surface area contributed by atoms with Crippen LogP contribution in [0.5, 0.6) is 0 Å². The maximum atomic E-state index is 13.1. The zero-order valence-corrected chi connectivity index (χ0v) is 21.5. The fourth-order valence-corrected chi connectivity index (χ4v) is 6.88. The number of nitrogens with one attached hydrogen (secondary N) is 2. The Morgan fingerprint density at radius 3 is 2.63 bits per heavy atom. The number of carbonyl (C=O) groups excluding carboxylic acids is 1. The molecular weight excluding hydrogens is 480 g/mol. The van der Waals surface area contributed by atoms with Crippen LogP contribution in [-0.2, 0) is 26.8 Å². The lowest BCUT2D eigenvalue weighted by atomic mass is 9.86. The van der Waals surface area contributed by atoms with E-state index < -0.39 is 16.1 Å². The van der Waals surface area contributed by atoms with E-state index >= 15 is 0 Å². The number of pyridine rings is 1. The number of benzene rings is 1. The summed E-state index contributed by atoms with van der Waals surface area (Å²) in [5, 5.41) is 0.980. The van der Waals surface area contributed by atoms with Crippen LogP contribution in [0.3, 0.4) is 0 Å². The number of fused-ring (bicyclic) bond motifs is 1. The highest BCUT2D eigenvalue weighted by Crippen LogP contribution is 2.33. The molecule has 1 amide bonds. The van der Waals surface area contributed by atoms with E-state index in [1.54, 1.807) is 23.4 Å². The summed E-state index contributed by atoms with van der Waals surface area (Å²) in [6, 6.07) is 14.7. The summed E-state index contributed by atoms with van der Waals surface area (Å²) >= 11 is 1.21. The van der Waals surface area contributed by atoms with Crippen molar-refractivity contribution in [2.24, 2.45) is 0 Å². The quantitative estimate of drug-likeness (QED) is 0.396. The highest BCUT2D eigenvalue weighted by molar-refractivity contribution is 7.91. The molecule has 1 aliphatic rings. The number of likely N-dealkylation sites (tertiary alicyclic amines) is 1. The minimum Gasteiger partial charge on any atom is -0.357 e. The maximum Gasteiger partial charge on any atom is 0.250 e. The second-order valence-electron chi connectivity index (χ2n) is 9.93. The van der Waals surface area contributed by atoms with Crippen molar-refractivity contribution in [1.29, 1.82) is 0 Å². The molecule has 9 heteroatoms. The Bertz CT molecular complexity index is 1450. The minimum atomic E-state index is -3.81. The van der Waals surface area contributed by atoms with E-state index in [4.69, 9.17) is 0 Å². The Morgan fingerprint density at radius 1 is 1.14 bits per heavy atom. The molecule has 7 nitrogen and oxygen atoms in total. The number of H-pyrrole nitrogens is 1. The van der Waals surface area contributed by atoms with Crippen LogP contribution in [-0.4, -0.2) is 41.8 Å². The monoisotopic (exact) mass is 508 g/mol. The maximum absolute atomic E-state index is 13.1. The van der Waals surface area contributed by atoms with E-state index in [2.05, 4.69) is 47.6 Å². The molecule has 0 unspecified atom stereocenters. The third kappa shape index (κ3) is 4.89. The molecule has 4 aromatic rings. The third-order valence-corrected chi connectivity index (χ3v) is 9.41. The van der Waals surface area contributed by atoms with Crippen molar-refractivity contribution < 1.29 is 13.2 Å². The smallest absolute Gasteiger partial charge is 0.250 e. The van der Waals surface area contributed by atoms with Crippen LogP contribution < -0.4 is 4.72 Å². The lowest BCUT2D eigenvalue weighted by Gasteiger charge is -2.19. The van der Waals surface area contributed by atoms with Gasteiger partial charge in [0.15, 0.2) is 0 Å². The summed E-state index contributed by atoms with van der Waals surface area (Å²) in [4.78, 5) is 22.9. The van der Waals surface area contributed by atoms with E-state index in [0.717, 1.165) is 27.0 Å². The summed E-state index contributed by atoms with van der Waals surface area (Å²) in [7, 11) is -3.81. The van der Waals surface area contributed by atoms with Crippen LogP contribution in [0.15, 0.2) is 65.1 Å². The van der Waals surface area contributed by atoms with Crippen LogP contribution in [0.25, 0.3) is 21.3 Å². The number of nitrogens with zero attached hydrogens (tertiary/aromatic N) is 2. The van der Waals surface area contributed by atoms with Gasteiger partial charge in [0.05, 0.1) is 6.54 Å². The molecule has 0 radical (unpaired) electrons. The summed E-state index contributed by atoms with van der Waals surface area (Å²) in [5.74, 6) is -0.208. The molecule has 1 aliphatic heterocycles. The van der Waals surface area contributed by atoms with E-state index in [1.165, 1.54) is 16.9 Å². The van der Waals surface area contributed by atoms with Gasteiger partial charge in [0.1, 0.15) is 10.3 Å². The molecular formula is C26H28N4O3S2. The second-order valence-corrected chi connectivity index (χ2v) is 13.0. The lowest BCUT2D eigenvalue weighted by molar-refractivity contribution is -0.129. The molecule has 35 heavy (non-hydrogen) atoms. The van der Waals surface area contributed by atoms with Crippen molar-refractivity contribution in [3.63, 3.8) is 0 Å². The largest absolute Gasteiger partial charge is 0.357 e. The molecule has 1 fully saturated rings. The number of thiophene rings is 1. The van der Waals surface area contributed by atoms with Crippen molar-refractivity contribution in [3.05, 3.63) is 72.2 Å². The predicted molar refractivity (Wildman–Crippen MR) is 139 cm³/mol. The standard InChI is InChI=1S/C26H28N4O3S2/c1-26(2,3)19-6-4-17(5-7-19)23-8-9-24(34-23)35(32,33)29-22-11-13-30(25(22)31)16-20-14-18-15-27-12-10-21(18)28-20/h4-10,12,14-15,22,28-29H,11,13,16H2,1-3H3/t22-/m0/s1. The number of aromatic nitrogens is 2. The summed E-state index contributed by atoms with van der Waals surface area (Å²) in [6.07, 6.45) is 3.92. The van der Waals surface area contributed by atoms with Gasteiger partial charge in [-0.15, -0.1) is 11.3 Å². The minimum absolute atomic E-state index is 0.0552. The van der Waals surface area contributed by atoms with E-state index in [1.807, 2.05) is 30.3 Å². The number of carbonyl (C=O) groups is 1. The molecule has 0 bridgehead atoms. The van der Waals surface area contributed by atoms with E-state index in [-0.39, 0.29) is 15.5 Å². The molecule has 5 rings (SSSR count). The molecule has 0 saturated carbocycles. The normalized spacial score (nSPS) is 16.9. The highest BCUT2D eigenvalue weighted by atomic mass is 32.2. The molecule has 4 heterocycles. The van der Waals surface area contributed by atoms with Gasteiger partial charge in [-0.05, 0) is 47.2 Å². The van der Waals surface area contributed by atoms with Crippen LogP contribution in [0, 0.1) is 0 Å². The van der Waals surface area contributed by atoms with Gasteiger partial charge in [-0.3, -0.25) is 9.78 Å². The zero-order chi connectivity index (χ0) is 24.8. The Labute approximate surface area is 209 Å². The molecule has 1 aromatic carbocycles. The van der Waals surface area contributed by atoms with Crippen molar-refractivity contribution in [2.45, 2.75) is 49.4 Å². The van der Waals surface area contributed by atoms with Gasteiger partial charge in [0.25, 0.3) is 10.0 Å². The van der Waals surface area contributed by atoms with Gasteiger partial charge in [0, 0.05) is 40.4 Å². The predicted octanol–water partition coefficient (Wildman–Crippen LogP) is 4.67. The Kier molecular flexibility index (Phi) is 6.03. The number of hydrogen-bond acceptors (Lipinski definition) is 5. The molecule has 1 saturated heterocycles. The number of sulfonamides is 1. The van der Waals surface area contributed by atoms with Crippen LogP contribution in [0.1, 0.15) is 38.4 Å². The first kappa shape index (κ1) is 23.7. The summed E-state index contributed by atoms with van der Waals surface area (Å²) in [6.45, 7) is 7.38. The Balaban J connectivity index is 1.26. The summed E-state index contributed by atoms with van der Waals surface area (Å²) in [5.41, 5.74) is 4.10. The van der Waals surface area contributed by atoms with Crippen molar-refractivity contribution >= 4 is 38.2 Å². The van der Waals surface area contributed by atoms with Crippen LogP contribution >= 0.6 is 11.3 Å². The van der Waals surface area contributed by atoms with E-state index in [0.29, 0.717) is 19.5 Å². The van der Waals surface area contributed by atoms with Gasteiger partial charge >= 0.3 is 0 Å². The first-order chi connectivity index (χ1) is 16.6. The van der Waals surface area contributed by atoms with Gasteiger partial charge in [-0.2, -0.15) is 4.72 Å². The SMILES string of the molecule is CC(C)(C)c1ccc(-c2ccc(S(=O)(=O)N[C@H]3CCN(Cc4cc5cnccc5[nH]4)C3=O)s2)cc1. The average Bonchev–Trinajstić information content (AvgIpc) is 3.54. The number of aromatic amines is 1. The number of hydrogen-bond donors (Lipinski definition) is 2. The van der Waals surface area contributed by atoms with Gasteiger partial charge in [-0.1, -0.05) is 45.0 Å². The molecule has 182 valence electrons. The number of amides is 1. The third-order valence-electron chi connectivity index (χ3n) is 6.31. The molecule has 0 spiro atoms. The topological polar surface area (TPSA) is 95.2 Å². The second kappa shape index (κ2) is 8.89. The van der Waals surface area contributed by atoms with E-state index in [9.17, 15) is 13.2 Å². The van der Waals surface area contributed by atoms with Crippen molar-refractivity contribution in [2.75, 3.05) is 6.54 Å². The fraction of sp³-hybridized carbons (Fsp3) is 0.308. The zero-order valence-electron chi connectivity index (χ0n) is 19.9. The molecule has 3 aromatic heterocycles. The van der Waals surface area contributed by atoms with Gasteiger partial charge in [-0.25, -0.2) is 8.42 Å². The van der Waals surface area contributed by atoms with Crippen molar-refractivity contribution in [3.8, 4) is 10.4 Å². The first-order valence-electron chi connectivity index (χ1n) is 11.5. The summed E-state index contributed by atoms with van der Waals surface area (Å²) < 4.78 is 29.0. The van der Waals surface area contributed by atoms with Gasteiger partial charge in [0.2, 0.25) is 5.91 Å². The first-order valence-corrected chi connectivity index (χ1v) is 13.8. The van der Waals surface area contributed by atoms with Crippen molar-refractivity contribution in [1.82, 2.24) is 19.6 Å².